The summed E-state index contributed by atoms with van der Waals surface area (Å²) in [6.45, 7) is 2.69. The first kappa shape index (κ1) is 24.9. The van der Waals surface area contributed by atoms with E-state index in [2.05, 4.69) is 15.9 Å². The van der Waals surface area contributed by atoms with Gasteiger partial charge in [0.2, 0.25) is 0 Å². The summed E-state index contributed by atoms with van der Waals surface area (Å²) in [4.78, 5) is 27.0. The molecule has 1 fully saturated rings. The van der Waals surface area contributed by atoms with Crippen LogP contribution in [0.3, 0.4) is 0 Å². The van der Waals surface area contributed by atoms with Crippen molar-refractivity contribution in [2.24, 2.45) is 0 Å². The van der Waals surface area contributed by atoms with Crippen LogP contribution in [0.5, 0.6) is 17.2 Å². The summed E-state index contributed by atoms with van der Waals surface area (Å²) in [5, 5.41) is -0.325. The molecule has 1 heterocycles. The highest BCUT2D eigenvalue weighted by Crippen LogP contribution is 2.37. The van der Waals surface area contributed by atoms with Crippen LogP contribution >= 0.6 is 27.7 Å². The standard InChI is InChI=1S/C27H24BrNO5S/c1-18-5-3-7-22(15-18)33-14-13-29-26(30)24(35-27(29)31)16-20-6-4-8-23(32-2)25(20)34-17-19-9-11-21(28)12-10-19/h3-12,15-16H,13-14,17H2,1-2H3/b24-16-. The molecule has 1 aliphatic rings. The van der Waals surface area contributed by atoms with Crippen LogP contribution in [-0.2, 0) is 11.4 Å². The van der Waals surface area contributed by atoms with Crippen LogP contribution in [0.15, 0.2) is 76.1 Å². The van der Waals surface area contributed by atoms with Gasteiger partial charge in [-0.3, -0.25) is 14.5 Å². The van der Waals surface area contributed by atoms with Crippen molar-refractivity contribution in [3.8, 4) is 17.2 Å². The summed E-state index contributed by atoms with van der Waals surface area (Å²) in [6, 6.07) is 20.9. The molecule has 0 radical (unpaired) electrons. The molecule has 35 heavy (non-hydrogen) atoms. The van der Waals surface area contributed by atoms with E-state index in [1.807, 2.05) is 67.6 Å². The average molecular weight is 554 g/mol. The van der Waals surface area contributed by atoms with Gasteiger partial charge in [-0.15, -0.1) is 0 Å². The minimum absolute atomic E-state index is 0.168. The van der Waals surface area contributed by atoms with Crippen LogP contribution in [0.1, 0.15) is 16.7 Å². The van der Waals surface area contributed by atoms with Crippen molar-refractivity contribution in [3.05, 3.63) is 92.8 Å². The molecular weight excluding hydrogens is 530 g/mol. The van der Waals surface area contributed by atoms with E-state index in [1.54, 1.807) is 19.3 Å². The highest BCUT2D eigenvalue weighted by atomic mass is 79.9. The number of nitrogens with zero attached hydrogens (tertiary/aromatic N) is 1. The van der Waals surface area contributed by atoms with Crippen LogP contribution in [-0.4, -0.2) is 36.3 Å². The number of methoxy groups -OCH3 is 1. The molecule has 0 aliphatic carbocycles. The average Bonchev–Trinajstić information content (AvgIpc) is 3.11. The molecule has 4 rings (SSSR count). The molecule has 1 saturated heterocycles. The molecule has 3 aromatic rings. The monoisotopic (exact) mass is 553 g/mol. The van der Waals surface area contributed by atoms with Gasteiger partial charge in [-0.05, 0) is 66.2 Å². The van der Waals surface area contributed by atoms with Gasteiger partial charge < -0.3 is 14.2 Å². The third-order valence-corrected chi connectivity index (χ3v) is 6.70. The highest BCUT2D eigenvalue weighted by molar-refractivity contribution is 9.10. The second-order valence-corrected chi connectivity index (χ2v) is 9.70. The van der Waals surface area contributed by atoms with Crippen molar-refractivity contribution in [2.75, 3.05) is 20.3 Å². The van der Waals surface area contributed by atoms with Crippen molar-refractivity contribution >= 4 is 44.9 Å². The van der Waals surface area contributed by atoms with Crippen LogP contribution in [0.2, 0.25) is 0 Å². The molecule has 8 heteroatoms. The zero-order chi connectivity index (χ0) is 24.8. The van der Waals surface area contributed by atoms with E-state index in [1.165, 1.54) is 4.90 Å². The fourth-order valence-corrected chi connectivity index (χ4v) is 4.61. The maximum absolute atomic E-state index is 13.0. The lowest BCUT2D eigenvalue weighted by Crippen LogP contribution is -2.32. The number of imide groups is 1. The maximum atomic E-state index is 13.0. The van der Waals surface area contributed by atoms with Gasteiger partial charge in [0.1, 0.15) is 19.0 Å². The highest BCUT2D eigenvalue weighted by Gasteiger charge is 2.35. The minimum atomic E-state index is -0.352. The fourth-order valence-electron chi connectivity index (χ4n) is 3.49. The largest absolute Gasteiger partial charge is 0.493 e. The van der Waals surface area contributed by atoms with Gasteiger partial charge in [-0.25, -0.2) is 0 Å². The molecular formula is C27H24BrNO5S. The Labute approximate surface area is 217 Å². The number of thioether (sulfide) groups is 1. The number of ether oxygens (including phenoxy) is 3. The molecule has 2 amide bonds. The van der Waals surface area contributed by atoms with E-state index in [0.29, 0.717) is 34.3 Å². The molecule has 6 nitrogen and oxygen atoms in total. The Kier molecular flexibility index (Phi) is 8.15. The molecule has 0 bridgehead atoms. The Morgan fingerprint density at radius 1 is 1.00 bits per heavy atom. The third-order valence-electron chi connectivity index (χ3n) is 5.26. The quantitative estimate of drug-likeness (QED) is 0.283. The van der Waals surface area contributed by atoms with Crippen molar-refractivity contribution in [2.45, 2.75) is 13.5 Å². The summed E-state index contributed by atoms with van der Waals surface area (Å²) >= 11 is 4.33. The predicted molar refractivity (Wildman–Crippen MR) is 141 cm³/mol. The van der Waals surface area contributed by atoms with Gasteiger partial charge in [0, 0.05) is 10.0 Å². The van der Waals surface area contributed by atoms with Gasteiger partial charge in [0.05, 0.1) is 18.6 Å². The summed E-state index contributed by atoms with van der Waals surface area (Å²) in [6.07, 6.45) is 1.67. The smallest absolute Gasteiger partial charge is 0.293 e. The number of para-hydroxylation sites is 1. The maximum Gasteiger partial charge on any atom is 0.293 e. The summed E-state index contributed by atoms with van der Waals surface area (Å²) in [7, 11) is 1.56. The summed E-state index contributed by atoms with van der Waals surface area (Å²) in [5.74, 6) is 1.40. The van der Waals surface area contributed by atoms with Gasteiger partial charge in [0.15, 0.2) is 11.5 Å². The lowest BCUT2D eigenvalue weighted by atomic mass is 10.1. The first-order chi connectivity index (χ1) is 16.9. The molecule has 0 aromatic heterocycles. The van der Waals surface area contributed by atoms with E-state index in [4.69, 9.17) is 14.2 Å². The Morgan fingerprint density at radius 2 is 1.77 bits per heavy atom. The molecule has 0 N–H and O–H groups in total. The van der Waals surface area contributed by atoms with E-state index in [-0.39, 0.29) is 24.3 Å². The second kappa shape index (κ2) is 11.5. The first-order valence-electron chi connectivity index (χ1n) is 10.9. The van der Waals surface area contributed by atoms with Crippen LogP contribution in [0.25, 0.3) is 6.08 Å². The lowest BCUT2D eigenvalue weighted by Gasteiger charge is -2.14. The number of halogens is 1. The summed E-state index contributed by atoms with van der Waals surface area (Å²) < 4.78 is 18.3. The Balaban J connectivity index is 1.47. The lowest BCUT2D eigenvalue weighted by molar-refractivity contribution is -0.123. The fraction of sp³-hybridized carbons (Fsp3) is 0.185. The third kappa shape index (κ3) is 6.26. The van der Waals surface area contributed by atoms with E-state index < -0.39 is 0 Å². The van der Waals surface area contributed by atoms with E-state index in [9.17, 15) is 9.59 Å². The van der Waals surface area contributed by atoms with Crippen molar-refractivity contribution in [1.29, 1.82) is 0 Å². The van der Waals surface area contributed by atoms with E-state index in [0.717, 1.165) is 27.4 Å². The van der Waals surface area contributed by atoms with E-state index >= 15 is 0 Å². The van der Waals surface area contributed by atoms with Crippen molar-refractivity contribution in [1.82, 2.24) is 4.90 Å². The molecule has 1 aliphatic heterocycles. The zero-order valence-corrected chi connectivity index (χ0v) is 21.7. The Morgan fingerprint density at radius 3 is 2.51 bits per heavy atom. The zero-order valence-electron chi connectivity index (χ0n) is 19.3. The second-order valence-electron chi connectivity index (χ2n) is 7.79. The first-order valence-corrected chi connectivity index (χ1v) is 12.5. The van der Waals surface area contributed by atoms with Crippen molar-refractivity contribution in [3.63, 3.8) is 0 Å². The van der Waals surface area contributed by atoms with Crippen LogP contribution in [0, 0.1) is 6.92 Å². The van der Waals surface area contributed by atoms with Crippen LogP contribution < -0.4 is 14.2 Å². The molecule has 3 aromatic carbocycles. The molecule has 0 unspecified atom stereocenters. The van der Waals surface area contributed by atoms with Gasteiger partial charge in [-0.1, -0.05) is 52.3 Å². The number of hydrogen-bond donors (Lipinski definition) is 0. The molecule has 0 saturated carbocycles. The predicted octanol–water partition coefficient (Wildman–Crippen LogP) is 6.46. The van der Waals surface area contributed by atoms with Crippen molar-refractivity contribution < 1.29 is 23.8 Å². The number of amides is 2. The van der Waals surface area contributed by atoms with Gasteiger partial charge >= 0.3 is 0 Å². The number of hydrogen-bond acceptors (Lipinski definition) is 6. The number of carbonyl (C=O) groups excluding carboxylic acids is 2. The number of benzene rings is 3. The molecule has 180 valence electrons. The molecule has 0 spiro atoms. The normalized spacial score (nSPS) is 14.5. The topological polar surface area (TPSA) is 65.1 Å². The summed E-state index contributed by atoms with van der Waals surface area (Å²) in [5.41, 5.74) is 2.72. The number of aryl methyl sites for hydroxylation is 1. The Hall–Kier alpha value is -3.23. The number of carbonyl (C=O) groups is 2. The van der Waals surface area contributed by atoms with Gasteiger partial charge in [-0.2, -0.15) is 0 Å². The number of rotatable bonds is 9. The SMILES string of the molecule is COc1cccc(/C=C2\SC(=O)N(CCOc3cccc(C)c3)C2=O)c1OCc1ccc(Br)cc1. The van der Waals surface area contributed by atoms with Gasteiger partial charge in [0.25, 0.3) is 11.1 Å². The minimum Gasteiger partial charge on any atom is -0.493 e. The molecule has 0 atom stereocenters. The Bertz CT molecular complexity index is 1260. The van der Waals surface area contributed by atoms with Crippen LogP contribution in [0.4, 0.5) is 4.79 Å².